The number of hydrogen-bond donors (Lipinski definition) is 1. The Morgan fingerprint density at radius 3 is 2.42 bits per heavy atom. The molecule has 2 rings (SSSR count). The Bertz CT molecular complexity index is 591. The zero-order chi connectivity index (χ0) is 13.8. The van der Waals surface area contributed by atoms with E-state index in [0.717, 1.165) is 0 Å². The van der Waals surface area contributed by atoms with Crippen LogP contribution in [0.3, 0.4) is 0 Å². The van der Waals surface area contributed by atoms with Crippen LogP contribution in [0.5, 0.6) is 5.75 Å². The number of nitrogens with zero attached hydrogens (tertiary/aromatic N) is 2. The number of aromatic nitrogens is 2. The predicted molar refractivity (Wildman–Crippen MR) is 72.5 cm³/mol. The van der Waals surface area contributed by atoms with Gasteiger partial charge in [-0.15, -0.1) is 0 Å². The lowest BCUT2D eigenvalue weighted by Crippen LogP contribution is -2.17. The van der Waals surface area contributed by atoms with E-state index in [-0.39, 0.29) is 5.91 Å². The number of methoxy groups -OCH3 is 1. The van der Waals surface area contributed by atoms with Crippen molar-refractivity contribution in [2.24, 2.45) is 0 Å². The molecule has 0 saturated heterocycles. The third-order valence-corrected chi connectivity index (χ3v) is 2.81. The number of rotatable bonds is 3. The summed E-state index contributed by atoms with van der Waals surface area (Å²) >= 11 is 0. The number of benzene rings is 1. The maximum absolute atomic E-state index is 12.3. The molecule has 19 heavy (non-hydrogen) atoms. The van der Waals surface area contributed by atoms with Gasteiger partial charge in [-0.3, -0.25) is 4.79 Å². The van der Waals surface area contributed by atoms with E-state index in [4.69, 9.17) is 4.74 Å². The van der Waals surface area contributed by atoms with Gasteiger partial charge in [0.15, 0.2) is 0 Å². The summed E-state index contributed by atoms with van der Waals surface area (Å²) in [5.74, 6) is 0.378. The van der Waals surface area contributed by atoms with Gasteiger partial charge in [-0.2, -0.15) is 0 Å². The highest BCUT2D eigenvalue weighted by atomic mass is 16.5. The lowest BCUT2D eigenvalue weighted by Gasteiger charge is -2.11. The molecule has 0 unspecified atom stereocenters. The largest absolute Gasteiger partial charge is 0.495 e. The smallest absolute Gasteiger partial charge is 0.259 e. The summed E-state index contributed by atoms with van der Waals surface area (Å²) in [5, 5.41) is 2.82. The van der Waals surface area contributed by atoms with Crippen LogP contribution in [-0.2, 0) is 0 Å². The first-order chi connectivity index (χ1) is 9.13. The second-order valence-corrected chi connectivity index (χ2v) is 4.07. The molecule has 98 valence electrons. The number of hydrogen-bond acceptors (Lipinski definition) is 4. The fourth-order valence-corrected chi connectivity index (χ4v) is 1.85. The minimum Gasteiger partial charge on any atom is -0.495 e. The van der Waals surface area contributed by atoms with Crippen LogP contribution in [0.25, 0.3) is 0 Å². The molecule has 1 aromatic heterocycles. The SMILES string of the molecule is COc1ccccc1NC(=O)c1c(C)ncnc1C. The van der Waals surface area contributed by atoms with Crippen molar-refractivity contribution in [3.63, 3.8) is 0 Å². The van der Waals surface area contributed by atoms with Crippen molar-refractivity contribution in [1.82, 2.24) is 9.97 Å². The van der Waals surface area contributed by atoms with E-state index in [1.54, 1.807) is 33.1 Å². The molecule has 0 fully saturated rings. The molecule has 0 aliphatic heterocycles. The fraction of sp³-hybridized carbons (Fsp3) is 0.214. The van der Waals surface area contributed by atoms with Gasteiger partial charge in [0.25, 0.3) is 5.91 Å². The molecule has 1 amide bonds. The van der Waals surface area contributed by atoms with Gasteiger partial charge < -0.3 is 10.1 Å². The van der Waals surface area contributed by atoms with E-state index in [0.29, 0.717) is 28.4 Å². The van der Waals surface area contributed by atoms with E-state index in [1.807, 2.05) is 12.1 Å². The van der Waals surface area contributed by atoms with E-state index >= 15 is 0 Å². The molecule has 0 saturated carbocycles. The van der Waals surface area contributed by atoms with Gasteiger partial charge in [-0.1, -0.05) is 12.1 Å². The number of para-hydroxylation sites is 2. The van der Waals surface area contributed by atoms with Gasteiger partial charge in [-0.05, 0) is 26.0 Å². The minimum atomic E-state index is -0.236. The molecule has 0 radical (unpaired) electrons. The van der Waals surface area contributed by atoms with Crippen molar-refractivity contribution >= 4 is 11.6 Å². The normalized spacial score (nSPS) is 10.1. The molecule has 1 aromatic carbocycles. The monoisotopic (exact) mass is 257 g/mol. The van der Waals surface area contributed by atoms with Crippen molar-refractivity contribution in [2.45, 2.75) is 13.8 Å². The highest BCUT2D eigenvalue weighted by molar-refractivity contribution is 6.06. The van der Waals surface area contributed by atoms with Crippen LogP contribution in [0, 0.1) is 13.8 Å². The van der Waals surface area contributed by atoms with Gasteiger partial charge in [0, 0.05) is 0 Å². The maximum atomic E-state index is 12.3. The average molecular weight is 257 g/mol. The maximum Gasteiger partial charge on any atom is 0.259 e. The molecule has 2 aromatic rings. The summed E-state index contributed by atoms with van der Waals surface area (Å²) in [5.41, 5.74) is 2.42. The highest BCUT2D eigenvalue weighted by Gasteiger charge is 2.15. The van der Waals surface area contributed by atoms with Crippen LogP contribution in [0.15, 0.2) is 30.6 Å². The molecule has 1 heterocycles. The van der Waals surface area contributed by atoms with Crippen LogP contribution in [0.1, 0.15) is 21.7 Å². The zero-order valence-corrected chi connectivity index (χ0v) is 11.1. The molecule has 0 bridgehead atoms. The molecule has 0 aliphatic carbocycles. The minimum absolute atomic E-state index is 0.236. The Hall–Kier alpha value is -2.43. The Labute approximate surface area is 111 Å². The predicted octanol–water partition coefficient (Wildman–Crippen LogP) is 2.35. The quantitative estimate of drug-likeness (QED) is 0.916. The van der Waals surface area contributed by atoms with E-state index in [1.165, 1.54) is 6.33 Å². The van der Waals surface area contributed by atoms with Crippen LogP contribution >= 0.6 is 0 Å². The number of amides is 1. The fourth-order valence-electron chi connectivity index (χ4n) is 1.85. The van der Waals surface area contributed by atoms with Crippen molar-refractivity contribution in [1.29, 1.82) is 0 Å². The Kier molecular flexibility index (Phi) is 3.75. The van der Waals surface area contributed by atoms with Crippen molar-refractivity contribution in [2.75, 3.05) is 12.4 Å². The standard InChI is InChI=1S/C14H15N3O2/c1-9-13(10(2)16-8-15-9)14(18)17-11-6-4-5-7-12(11)19-3/h4-8H,1-3H3,(H,17,18). The van der Waals surface area contributed by atoms with Gasteiger partial charge in [0.2, 0.25) is 0 Å². The van der Waals surface area contributed by atoms with E-state index in [9.17, 15) is 4.79 Å². The number of carbonyl (C=O) groups is 1. The summed E-state index contributed by atoms with van der Waals surface area (Å²) in [6.07, 6.45) is 1.45. The molecule has 5 heteroatoms. The van der Waals surface area contributed by atoms with Crippen molar-refractivity contribution < 1.29 is 9.53 Å². The Balaban J connectivity index is 2.31. The van der Waals surface area contributed by atoms with Crippen LogP contribution in [0.2, 0.25) is 0 Å². The van der Waals surface area contributed by atoms with Crippen LogP contribution in [-0.4, -0.2) is 23.0 Å². The Morgan fingerprint density at radius 1 is 1.16 bits per heavy atom. The van der Waals surface area contributed by atoms with Gasteiger partial charge in [-0.25, -0.2) is 9.97 Å². The third kappa shape index (κ3) is 2.70. The highest BCUT2D eigenvalue weighted by Crippen LogP contribution is 2.24. The summed E-state index contributed by atoms with van der Waals surface area (Å²) in [6.45, 7) is 3.57. The van der Waals surface area contributed by atoms with Crippen LogP contribution in [0.4, 0.5) is 5.69 Å². The summed E-state index contributed by atoms with van der Waals surface area (Å²) in [4.78, 5) is 20.4. The summed E-state index contributed by atoms with van der Waals surface area (Å²) < 4.78 is 5.20. The van der Waals surface area contributed by atoms with Crippen molar-refractivity contribution in [3.8, 4) is 5.75 Å². The Morgan fingerprint density at radius 2 is 1.79 bits per heavy atom. The molecule has 1 N–H and O–H groups in total. The van der Waals surface area contributed by atoms with Gasteiger partial charge in [0.05, 0.1) is 29.7 Å². The number of nitrogens with one attached hydrogen (secondary N) is 1. The summed E-state index contributed by atoms with van der Waals surface area (Å²) in [7, 11) is 1.56. The molecular weight excluding hydrogens is 242 g/mol. The first-order valence-corrected chi connectivity index (χ1v) is 5.86. The molecule has 0 spiro atoms. The third-order valence-electron chi connectivity index (χ3n) is 2.81. The number of anilines is 1. The van der Waals surface area contributed by atoms with E-state index in [2.05, 4.69) is 15.3 Å². The van der Waals surface area contributed by atoms with Crippen LogP contribution < -0.4 is 10.1 Å². The van der Waals surface area contributed by atoms with E-state index < -0.39 is 0 Å². The number of aryl methyl sites for hydroxylation is 2. The number of carbonyl (C=O) groups excluding carboxylic acids is 1. The average Bonchev–Trinajstić information content (AvgIpc) is 2.39. The molecule has 5 nitrogen and oxygen atoms in total. The van der Waals surface area contributed by atoms with Crippen molar-refractivity contribution in [3.05, 3.63) is 47.5 Å². The molecular formula is C14H15N3O2. The number of ether oxygens (including phenoxy) is 1. The van der Waals surface area contributed by atoms with Gasteiger partial charge in [0.1, 0.15) is 12.1 Å². The molecule has 0 aliphatic rings. The summed E-state index contributed by atoms with van der Waals surface area (Å²) in [6, 6.07) is 7.25. The first kappa shape index (κ1) is 13.0. The first-order valence-electron chi connectivity index (χ1n) is 5.86. The topological polar surface area (TPSA) is 64.1 Å². The zero-order valence-electron chi connectivity index (χ0n) is 11.1. The lowest BCUT2D eigenvalue weighted by molar-refractivity contribution is 0.102. The second-order valence-electron chi connectivity index (χ2n) is 4.07. The molecule has 0 atom stereocenters. The van der Waals surface area contributed by atoms with Gasteiger partial charge >= 0.3 is 0 Å². The lowest BCUT2D eigenvalue weighted by atomic mass is 10.1. The second kappa shape index (κ2) is 5.48.